The van der Waals surface area contributed by atoms with Crippen LogP contribution in [0, 0.1) is 29.1 Å². The summed E-state index contributed by atoms with van der Waals surface area (Å²) in [5.74, 6) is -0.493. The normalized spacial score (nSPS) is 29.3. The molecule has 0 aromatic heterocycles. The van der Waals surface area contributed by atoms with Crippen LogP contribution in [0.15, 0.2) is 60.7 Å². The molecular formula is C24H21F3N2O3S. The van der Waals surface area contributed by atoms with Crippen molar-refractivity contribution in [3.8, 4) is 6.07 Å². The monoisotopic (exact) mass is 474 g/mol. The highest BCUT2D eigenvalue weighted by molar-refractivity contribution is 7.94. The first-order valence-corrected chi connectivity index (χ1v) is 12.1. The third-order valence-corrected chi connectivity index (χ3v) is 9.80. The summed E-state index contributed by atoms with van der Waals surface area (Å²) < 4.78 is 74.2. The SMILES string of the molecule is N#Cc1ccc(N2C[C@H]3[C@@H]4C=C[C@@H](C4)[C@@]3(COCc3ccccc3)S2(=O)=O)cc1C(F)(F)F. The van der Waals surface area contributed by atoms with Crippen molar-refractivity contribution in [2.75, 3.05) is 17.5 Å². The molecular weight excluding hydrogens is 453 g/mol. The zero-order valence-electron chi connectivity index (χ0n) is 17.5. The maximum atomic E-state index is 13.9. The van der Waals surface area contributed by atoms with Gasteiger partial charge in [0, 0.05) is 18.4 Å². The minimum absolute atomic E-state index is 0.0285. The molecule has 0 spiro atoms. The van der Waals surface area contributed by atoms with Gasteiger partial charge in [-0.2, -0.15) is 18.4 Å². The quantitative estimate of drug-likeness (QED) is 0.598. The maximum Gasteiger partial charge on any atom is 0.417 e. The molecule has 1 saturated carbocycles. The summed E-state index contributed by atoms with van der Waals surface area (Å²) in [7, 11) is -4.04. The summed E-state index contributed by atoms with van der Waals surface area (Å²) in [6.07, 6.45) is -0.136. The third kappa shape index (κ3) is 3.27. The first-order valence-electron chi connectivity index (χ1n) is 10.6. The number of nitriles is 1. The van der Waals surface area contributed by atoms with Crippen LogP contribution in [0.2, 0.25) is 0 Å². The Labute approximate surface area is 190 Å². The Bertz CT molecular complexity index is 1250. The molecule has 2 bridgehead atoms. The highest BCUT2D eigenvalue weighted by Gasteiger charge is 2.69. The van der Waals surface area contributed by atoms with Crippen LogP contribution >= 0.6 is 0 Å². The summed E-state index contributed by atoms with van der Waals surface area (Å²) in [5.41, 5.74) is -0.827. The van der Waals surface area contributed by atoms with Crippen molar-refractivity contribution in [2.24, 2.45) is 17.8 Å². The number of anilines is 1. The number of ether oxygens (including phenoxy) is 1. The van der Waals surface area contributed by atoms with Gasteiger partial charge >= 0.3 is 6.18 Å². The highest BCUT2D eigenvalue weighted by atomic mass is 32.2. The van der Waals surface area contributed by atoms with Gasteiger partial charge in [-0.15, -0.1) is 0 Å². The van der Waals surface area contributed by atoms with E-state index in [1.165, 1.54) is 12.1 Å². The molecule has 1 aliphatic heterocycles. The largest absolute Gasteiger partial charge is 0.417 e. The number of nitrogens with zero attached hydrogens (tertiary/aromatic N) is 2. The first kappa shape index (κ1) is 22.0. The Kier molecular flexibility index (Phi) is 5.07. The molecule has 1 saturated heterocycles. The second-order valence-electron chi connectivity index (χ2n) is 8.81. The molecule has 0 amide bonds. The van der Waals surface area contributed by atoms with Crippen LogP contribution < -0.4 is 4.31 Å². The molecule has 2 aliphatic carbocycles. The van der Waals surface area contributed by atoms with Crippen LogP contribution in [0.3, 0.4) is 0 Å². The zero-order valence-corrected chi connectivity index (χ0v) is 18.3. The molecule has 1 heterocycles. The Morgan fingerprint density at radius 2 is 1.91 bits per heavy atom. The molecule has 0 N–H and O–H groups in total. The van der Waals surface area contributed by atoms with Crippen molar-refractivity contribution in [3.63, 3.8) is 0 Å². The molecule has 172 valence electrons. The van der Waals surface area contributed by atoms with E-state index in [2.05, 4.69) is 0 Å². The van der Waals surface area contributed by atoms with Crippen LogP contribution in [0.5, 0.6) is 0 Å². The molecule has 5 nitrogen and oxygen atoms in total. The number of hydrogen-bond acceptors (Lipinski definition) is 4. The van der Waals surface area contributed by atoms with Gasteiger partial charge in [0.2, 0.25) is 10.0 Å². The van der Waals surface area contributed by atoms with E-state index >= 15 is 0 Å². The number of allylic oxidation sites excluding steroid dienone is 2. The Morgan fingerprint density at radius 1 is 1.15 bits per heavy atom. The molecule has 4 atom stereocenters. The molecule has 33 heavy (non-hydrogen) atoms. The van der Waals surface area contributed by atoms with Crippen LogP contribution in [-0.4, -0.2) is 26.3 Å². The van der Waals surface area contributed by atoms with Gasteiger partial charge in [0.1, 0.15) is 4.75 Å². The Hall–Kier alpha value is -2.83. The zero-order chi connectivity index (χ0) is 23.4. The molecule has 0 unspecified atom stereocenters. The standard InChI is InChI=1S/C24H21F3N2O3S/c25-24(26,27)21-11-20(9-7-18(21)12-28)29-13-22-17-6-8-19(10-17)23(22,33(29,30)31)15-32-14-16-4-2-1-3-5-16/h1-9,11,17,19,22H,10,13-15H2/t17-,19+,22+,23-/m1/s1. The number of sulfonamides is 1. The first-order chi connectivity index (χ1) is 15.7. The Balaban J connectivity index is 1.50. The van der Waals surface area contributed by atoms with Gasteiger partial charge in [0.25, 0.3) is 0 Å². The number of hydrogen-bond donors (Lipinski definition) is 0. The summed E-state index contributed by atoms with van der Waals surface area (Å²) in [6, 6.07) is 14.0. The van der Waals surface area contributed by atoms with E-state index in [0.29, 0.717) is 6.42 Å². The Morgan fingerprint density at radius 3 is 2.61 bits per heavy atom. The third-order valence-electron chi connectivity index (χ3n) is 7.18. The highest BCUT2D eigenvalue weighted by Crippen LogP contribution is 2.60. The second-order valence-corrected chi connectivity index (χ2v) is 11.0. The van der Waals surface area contributed by atoms with Gasteiger partial charge in [-0.1, -0.05) is 42.5 Å². The van der Waals surface area contributed by atoms with Crippen molar-refractivity contribution in [1.82, 2.24) is 0 Å². The smallest absolute Gasteiger partial charge is 0.375 e. The molecule has 5 rings (SSSR count). The minimum atomic E-state index is -4.77. The fourth-order valence-corrected chi connectivity index (χ4v) is 8.21. The van der Waals surface area contributed by atoms with E-state index in [-0.39, 0.29) is 43.2 Å². The fourth-order valence-electron chi connectivity index (χ4n) is 5.63. The summed E-state index contributed by atoms with van der Waals surface area (Å²) in [5, 5.41) is 9.08. The van der Waals surface area contributed by atoms with E-state index in [9.17, 15) is 21.6 Å². The van der Waals surface area contributed by atoms with E-state index in [0.717, 1.165) is 22.0 Å². The van der Waals surface area contributed by atoms with Crippen molar-refractivity contribution in [3.05, 3.63) is 77.4 Å². The average Bonchev–Trinajstić information content (AvgIpc) is 3.44. The van der Waals surface area contributed by atoms with E-state index in [1.54, 1.807) is 0 Å². The van der Waals surface area contributed by atoms with Gasteiger partial charge in [-0.05, 0) is 36.1 Å². The molecule has 9 heteroatoms. The predicted molar refractivity (Wildman–Crippen MR) is 115 cm³/mol. The van der Waals surface area contributed by atoms with Crippen molar-refractivity contribution < 1.29 is 26.3 Å². The van der Waals surface area contributed by atoms with E-state index < -0.39 is 32.1 Å². The lowest BCUT2D eigenvalue weighted by Gasteiger charge is -2.34. The predicted octanol–water partition coefficient (Wildman–Crippen LogP) is 4.50. The minimum Gasteiger partial charge on any atom is -0.375 e. The fraction of sp³-hybridized carbons (Fsp3) is 0.375. The van der Waals surface area contributed by atoms with Gasteiger partial charge in [0.05, 0.1) is 36.1 Å². The lowest BCUT2D eigenvalue weighted by Crippen LogP contribution is -2.50. The number of fused-ring (bicyclic) bond motifs is 5. The van der Waals surface area contributed by atoms with Crippen LogP contribution in [0.1, 0.15) is 23.1 Å². The topological polar surface area (TPSA) is 70.4 Å². The van der Waals surface area contributed by atoms with Crippen molar-refractivity contribution in [2.45, 2.75) is 24.0 Å². The summed E-state index contributed by atoms with van der Waals surface area (Å²) >= 11 is 0. The van der Waals surface area contributed by atoms with Crippen LogP contribution in [0.4, 0.5) is 18.9 Å². The number of benzene rings is 2. The van der Waals surface area contributed by atoms with Crippen molar-refractivity contribution in [1.29, 1.82) is 5.26 Å². The second kappa shape index (κ2) is 7.61. The lowest BCUT2D eigenvalue weighted by molar-refractivity contribution is -0.137. The van der Waals surface area contributed by atoms with Crippen molar-refractivity contribution >= 4 is 15.7 Å². The van der Waals surface area contributed by atoms with E-state index in [4.69, 9.17) is 10.00 Å². The summed E-state index contributed by atoms with van der Waals surface area (Å²) in [6.45, 7) is 0.312. The van der Waals surface area contributed by atoms with Gasteiger partial charge in [0.15, 0.2) is 0 Å². The summed E-state index contributed by atoms with van der Waals surface area (Å²) in [4.78, 5) is 0. The molecule has 3 aliphatic rings. The lowest BCUT2D eigenvalue weighted by atomic mass is 9.82. The van der Waals surface area contributed by atoms with Crippen LogP contribution in [0.25, 0.3) is 0 Å². The van der Waals surface area contributed by atoms with Gasteiger partial charge in [-0.3, -0.25) is 4.31 Å². The number of alkyl halides is 3. The average molecular weight is 475 g/mol. The number of rotatable bonds is 5. The molecule has 0 radical (unpaired) electrons. The maximum absolute atomic E-state index is 13.9. The molecule has 2 fully saturated rings. The van der Waals surface area contributed by atoms with Gasteiger partial charge < -0.3 is 4.74 Å². The van der Waals surface area contributed by atoms with E-state index in [1.807, 2.05) is 42.5 Å². The number of halogens is 3. The van der Waals surface area contributed by atoms with Gasteiger partial charge in [-0.25, -0.2) is 8.42 Å². The molecule has 2 aromatic rings. The molecule has 2 aromatic carbocycles. The van der Waals surface area contributed by atoms with Crippen LogP contribution in [-0.2, 0) is 27.5 Å².